The molecule has 3 aromatic rings. The van der Waals surface area contributed by atoms with Gasteiger partial charge in [0.1, 0.15) is 11.6 Å². The smallest absolute Gasteiger partial charge is 0.220 e. The van der Waals surface area contributed by atoms with E-state index in [-0.39, 0.29) is 11.9 Å². The van der Waals surface area contributed by atoms with Crippen molar-refractivity contribution in [3.8, 4) is 5.75 Å². The van der Waals surface area contributed by atoms with E-state index in [0.29, 0.717) is 6.61 Å². The van der Waals surface area contributed by atoms with Gasteiger partial charge in [-0.15, -0.1) is 0 Å². The van der Waals surface area contributed by atoms with E-state index in [0.717, 1.165) is 61.4 Å². The van der Waals surface area contributed by atoms with Crippen molar-refractivity contribution < 1.29 is 9.53 Å². The van der Waals surface area contributed by atoms with Crippen LogP contribution in [-0.2, 0) is 11.3 Å². The summed E-state index contributed by atoms with van der Waals surface area (Å²) in [6.07, 6.45) is 4.00. The molecule has 1 saturated heterocycles. The molecule has 1 aliphatic heterocycles. The van der Waals surface area contributed by atoms with Crippen molar-refractivity contribution in [1.29, 1.82) is 0 Å². The van der Waals surface area contributed by atoms with E-state index in [1.165, 1.54) is 11.1 Å². The number of carbonyl (C=O) groups is 1. The molecule has 2 heterocycles. The number of imidazole rings is 1. The van der Waals surface area contributed by atoms with Crippen LogP contribution in [0.2, 0.25) is 0 Å². The Morgan fingerprint density at radius 1 is 1.17 bits per heavy atom. The van der Waals surface area contributed by atoms with E-state index in [4.69, 9.17) is 9.72 Å². The van der Waals surface area contributed by atoms with Crippen LogP contribution in [-0.4, -0.2) is 33.5 Å². The summed E-state index contributed by atoms with van der Waals surface area (Å²) in [5.41, 5.74) is 4.55. The third-order valence-electron chi connectivity index (χ3n) is 6.02. The topological polar surface area (TPSA) is 47.4 Å². The maximum atomic E-state index is 12.1. The lowest BCUT2D eigenvalue weighted by Crippen LogP contribution is -2.30. The fourth-order valence-corrected chi connectivity index (χ4v) is 4.41. The number of unbranched alkanes of at least 4 members (excludes halogenated alkanes) is 1. The highest BCUT2D eigenvalue weighted by atomic mass is 16.5. The van der Waals surface area contributed by atoms with Crippen molar-refractivity contribution in [2.75, 3.05) is 13.2 Å². The fourth-order valence-electron chi connectivity index (χ4n) is 4.41. The molecule has 0 aliphatic carbocycles. The molecule has 1 amide bonds. The molecule has 4 rings (SSSR count). The molecule has 5 nitrogen and oxygen atoms in total. The van der Waals surface area contributed by atoms with Crippen LogP contribution in [0.4, 0.5) is 0 Å². The van der Waals surface area contributed by atoms with Gasteiger partial charge < -0.3 is 14.2 Å². The maximum Gasteiger partial charge on any atom is 0.220 e. The van der Waals surface area contributed by atoms with E-state index in [1.54, 1.807) is 6.92 Å². The Morgan fingerprint density at radius 2 is 2.00 bits per heavy atom. The van der Waals surface area contributed by atoms with E-state index >= 15 is 0 Å². The molecule has 0 saturated carbocycles. The average molecular weight is 406 g/mol. The van der Waals surface area contributed by atoms with Gasteiger partial charge in [0.05, 0.1) is 23.7 Å². The number of carbonyl (C=O) groups excluding carboxylic acids is 1. The largest absolute Gasteiger partial charge is 0.493 e. The number of aromatic nitrogens is 2. The van der Waals surface area contributed by atoms with Gasteiger partial charge in [0.15, 0.2) is 0 Å². The first kappa shape index (κ1) is 20.5. The maximum absolute atomic E-state index is 12.1. The highest BCUT2D eigenvalue weighted by Crippen LogP contribution is 2.33. The molecular weight excluding hydrogens is 374 g/mol. The molecule has 1 aromatic heterocycles. The van der Waals surface area contributed by atoms with Crippen LogP contribution in [0.15, 0.2) is 42.5 Å². The van der Waals surface area contributed by atoms with Gasteiger partial charge in [0.2, 0.25) is 5.91 Å². The third-order valence-corrected chi connectivity index (χ3v) is 6.02. The van der Waals surface area contributed by atoms with Crippen LogP contribution < -0.4 is 4.74 Å². The Morgan fingerprint density at radius 3 is 2.83 bits per heavy atom. The molecular formula is C25H31N3O2. The second-order valence-electron chi connectivity index (χ2n) is 8.31. The third kappa shape index (κ3) is 4.20. The Labute approximate surface area is 178 Å². The first-order valence-electron chi connectivity index (χ1n) is 11.0. The second kappa shape index (κ2) is 8.90. The lowest BCUT2D eigenvalue weighted by molar-refractivity contribution is -0.129. The standard InChI is InChI=1S/C25H31N3O2/c1-18-12-13-19(2)24(17-18)30-16-7-6-14-28-22-10-5-4-9-21(22)26-25(28)23-11-8-15-27(23)20(3)29/h4-5,9-10,12-13,17,23H,6-8,11,14-16H2,1-3H3/t23-/m0/s1. The summed E-state index contributed by atoms with van der Waals surface area (Å²) in [5, 5.41) is 0. The van der Waals surface area contributed by atoms with Crippen LogP contribution in [0.1, 0.15) is 55.6 Å². The number of fused-ring (bicyclic) bond motifs is 1. The van der Waals surface area contributed by atoms with Gasteiger partial charge >= 0.3 is 0 Å². The number of benzene rings is 2. The number of rotatable bonds is 7. The molecule has 5 heteroatoms. The Balaban J connectivity index is 1.45. The van der Waals surface area contributed by atoms with Gasteiger partial charge in [-0.1, -0.05) is 24.3 Å². The summed E-state index contributed by atoms with van der Waals surface area (Å²) in [4.78, 5) is 19.0. The molecule has 2 aromatic carbocycles. The van der Waals surface area contributed by atoms with Crippen LogP contribution in [0.5, 0.6) is 5.75 Å². The number of nitrogens with zero attached hydrogens (tertiary/aromatic N) is 3. The van der Waals surface area contributed by atoms with Crippen molar-refractivity contribution in [2.45, 2.75) is 59.0 Å². The van der Waals surface area contributed by atoms with Gasteiger partial charge in [0, 0.05) is 20.0 Å². The molecule has 0 radical (unpaired) electrons. The molecule has 1 atom stereocenters. The second-order valence-corrected chi connectivity index (χ2v) is 8.31. The number of ether oxygens (including phenoxy) is 1. The summed E-state index contributed by atoms with van der Waals surface area (Å²) >= 11 is 0. The van der Waals surface area contributed by atoms with E-state index in [9.17, 15) is 4.79 Å². The number of hydrogen-bond donors (Lipinski definition) is 0. The molecule has 0 unspecified atom stereocenters. The van der Waals surface area contributed by atoms with E-state index in [2.05, 4.69) is 54.8 Å². The number of likely N-dealkylation sites (tertiary alicyclic amines) is 1. The Bertz CT molecular complexity index is 1040. The highest BCUT2D eigenvalue weighted by Gasteiger charge is 2.31. The summed E-state index contributed by atoms with van der Waals surface area (Å²) in [7, 11) is 0. The summed E-state index contributed by atoms with van der Waals surface area (Å²) < 4.78 is 8.34. The molecule has 0 bridgehead atoms. The van der Waals surface area contributed by atoms with Gasteiger partial charge in [-0.2, -0.15) is 0 Å². The minimum atomic E-state index is 0.0843. The highest BCUT2D eigenvalue weighted by molar-refractivity contribution is 5.77. The predicted octanol–water partition coefficient (Wildman–Crippen LogP) is 5.20. The predicted molar refractivity (Wildman–Crippen MR) is 120 cm³/mol. The van der Waals surface area contributed by atoms with Crippen molar-refractivity contribution in [3.63, 3.8) is 0 Å². The SMILES string of the molecule is CC(=O)N1CCC[C@H]1c1nc2ccccc2n1CCCCOc1cc(C)ccc1C. The Hall–Kier alpha value is -2.82. The van der Waals surface area contributed by atoms with Gasteiger partial charge in [-0.05, 0) is 68.9 Å². The summed E-state index contributed by atoms with van der Waals surface area (Å²) in [6.45, 7) is 8.25. The summed E-state index contributed by atoms with van der Waals surface area (Å²) in [5.74, 6) is 2.14. The van der Waals surface area contributed by atoms with Crippen LogP contribution >= 0.6 is 0 Å². The quantitative estimate of drug-likeness (QED) is 0.508. The van der Waals surface area contributed by atoms with Gasteiger partial charge in [-0.25, -0.2) is 4.98 Å². The number of para-hydroxylation sites is 2. The van der Waals surface area contributed by atoms with Crippen molar-refractivity contribution >= 4 is 16.9 Å². The molecule has 0 spiro atoms. The first-order valence-corrected chi connectivity index (χ1v) is 11.0. The molecule has 0 N–H and O–H groups in total. The lowest BCUT2D eigenvalue weighted by Gasteiger charge is -2.24. The average Bonchev–Trinajstić information content (AvgIpc) is 3.35. The van der Waals surface area contributed by atoms with Crippen molar-refractivity contribution in [1.82, 2.24) is 14.5 Å². The van der Waals surface area contributed by atoms with Gasteiger partial charge in [-0.3, -0.25) is 4.79 Å². The molecule has 30 heavy (non-hydrogen) atoms. The monoisotopic (exact) mass is 405 g/mol. The number of amides is 1. The van der Waals surface area contributed by atoms with Crippen LogP contribution in [0, 0.1) is 13.8 Å². The van der Waals surface area contributed by atoms with E-state index in [1.807, 2.05) is 11.0 Å². The summed E-state index contributed by atoms with van der Waals surface area (Å²) in [6, 6.07) is 14.7. The Kier molecular flexibility index (Phi) is 6.07. The zero-order chi connectivity index (χ0) is 21.1. The minimum Gasteiger partial charge on any atom is -0.493 e. The fraction of sp³-hybridized carbons (Fsp3) is 0.440. The van der Waals surface area contributed by atoms with Gasteiger partial charge in [0.25, 0.3) is 0 Å². The van der Waals surface area contributed by atoms with Crippen LogP contribution in [0.3, 0.4) is 0 Å². The first-order chi connectivity index (χ1) is 14.5. The van der Waals surface area contributed by atoms with E-state index < -0.39 is 0 Å². The molecule has 1 aliphatic rings. The van der Waals surface area contributed by atoms with Crippen molar-refractivity contribution in [3.05, 3.63) is 59.4 Å². The minimum absolute atomic E-state index is 0.0843. The normalized spacial score (nSPS) is 16.4. The lowest BCUT2D eigenvalue weighted by atomic mass is 10.1. The zero-order valence-corrected chi connectivity index (χ0v) is 18.2. The number of hydrogen-bond acceptors (Lipinski definition) is 3. The molecule has 158 valence electrons. The zero-order valence-electron chi connectivity index (χ0n) is 18.2. The van der Waals surface area contributed by atoms with Crippen molar-refractivity contribution in [2.24, 2.45) is 0 Å². The van der Waals surface area contributed by atoms with Crippen LogP contribution in [0.25, 0.3) is 11.0 Å². The number of aryl methyl sites for hydroxylation is 3. The molecule has 1 fully saturated rings.